The molecule has 0 radical (unpaired) electrons. The van der Waals surface area contributed by atoms with Gasteiger partial charge in [0.15, 0.2) is 0 Å². The fraction of sp³-hybridized carbons (Fsp3) is 0.417. The molecule has 2 rings (SSSR count). The van der Waals surface area contributed by atoms with E-state index in [1.807, 2.05) is 57.2 Å². The number of anilines is 1. The van der Waals surface area contributed by atoms with Crippen LogP contribution in [-0.4, -0.2) is 57.6 Å². The summed E-state index contributed by atoms with van der Waals surface area (Å²) in [5, 5.41) is 2.61. The fourth-order valence-electron chi connectivity index (χ4n) is 3.56. The number of sulfonamides is 1. The summed E-state index contributed by atoms with van der Waals surface area (Å²) in [4.78, 5) is 27.4. The highest BCUT2D eigenvalue weighted by Gasteiger charge is 2.31. The molecule has 8 heteroatoms. The van der Waals surface area contributed by atoms with Gasteiger partial charge in [0, 0.05) is 13.6 Å². The van der Waals surface area contributed by atoms with Gasteiger partial charge in [-0.05, 0) is 55.5 Å². The SMILES string of the molecule is CC[C@H](C(=O)NC)N(CCc1ccccc1)C(=O)CN(c1ccc(C)c(C)c1)S(C)(=O)=O. The molecule has 1 N–H and O–H groups in total. The second-order valence-electron chi connectivity index (χ2n) is 7.90. The number of amides is 2. The highest BCUT2D eigenvalue weighted by molar-refractivity contribution is 7.92. The van der Waals surface area contributed by atoms with Gasteiger partial charge in [0.05, 0.1) is 11.9 Å². The van der Waals surface area contributed by atoms with Gasteiger partial charge in [0.1, 0.15) is 12.6 Å². The molecule has 2 amide bonds. The van der Waals surface area contributed by atoms with Crippen LogP contribution in [0.3, 0.4) is 0 Å². The Balaban J connectivity index is 2.36. The van der Waals surface area contributed by atoms with E-state index in [1.54, 1.807) is 12.1 Å². The van der Waals surface area contributed by atoms with Gasteiger partial charge in [0.2, 0.25) is 21.8 Å². The maximum Gasteiger partial charge on any atom is 0.244 e. The van der Waals surface area contributed by atoms with Crippen LogP contribution >= 0.6 is 0 Å². The molecule has 32 heavy (non-hydrogen) atoms. The van der Waals surface area contributed by atoms with Crippen molar-refractivity contribution in [3.05, 3.63) is 65.2 Å². The predicted octanol–water partition coefficient (Wildman–Crippen LogP) is 2.67. The first kappa shape index (κ1) is 25.4. The van der Waals surface area contributed by atoms with E-state index in [0.29, 0.717) is 25.1 Å². The summed E-state index contributed by atoms with van der Waals surface area (Å²) in [6, 6.07) is 14.3. The molecule has 7 nitrogen and oxygen atoms in total. The van der Waals surface area contributed by atoms with Crippen LogP contribution in [0, 0.1) is 13.8 Å². The maximum atomic E-state index is 13.4. The first-order valence-electron chi connectivity index (χ1n) is 10.7. The average molecular weight is 460 g/mol. The molecule has 0 heterocycles. The largest absolute Gasteiger partial charge is 0.357 e. The quantitative estimate of drug-likeness (QED) is 0.592. The van der Waals surface area contributed by atoms with E-state index in [4.69, 9.17) is 0 Å². The molecule has 0 aliphatic carbocycles. The van der Waals surface area contributed by atoms with E-state index < -0.39 is 22.0 Å². The Morgan fingerprint density at radius 1 is 1.03 bits per heavy atom. The van der Waals surface area contributed by atoms with E-state index >= 15 is 0 Å². The number of hydrogen-bond donors (Lipinski definition) is 1. The third-order valence-corrected chi connectivity index (χ3v) is 6.71. The number of hydrogen-bond acceptors (Lipinski definition) is 4. The van der Waals surface area contributed by atoms with Crippen LogP contribution in [0.15, 0.2) is 48.5 Å². The van der Waals surface area contributed by atoms with Crippen LogP contribution in [-0.2, 0) is 26.0 Å². The first-order valence-corrected chi connectivity index (χ1v) is 12.5. The molecule has 0 saturated heterocycles. The van der Waals surface area contributed by atoms with E-state index in [1.165, 1.54) is 11.9 Å². The molecule has 0 bridgehead atoms. The Morgan fingerprint density at radius 3 is 2.22 bits per heavy atom. The lowest BCUT2D eigenvalue weighted by atomic mass is 10.1. The minimum absolute atomic E-state index is 0.272. The summed E-state index contributed by atoms with van der Waals surface area (Å²) in [5.74, 6) is -0.689. The topological polar surface area (TPSA) is 86.8 Å². The standard InChI is InChI=1S/C24H33N3O4S/c1-6-22(24(29)25-4)26(15-14-20-10-8-7-9-11-20)23(28)17-27(32(5,30)31)21-13-12-18(2)19(3)16-21/h7-13,16,22H,6,14-15,17H2,1-5H3,(H,25,29)/t22-/m1/s1. The van der Waals surface area contributed by atoms with Crippen molar-refractivity contribution in [1.82, 2.24) is 10.2 Å². The molecule has 2 aromatic carbocycles. The van der Waals surface area contributed by atoms with Gasteiger partial charge in [-0.2, -0.15) is 0 Å². The number of likely N-dealkylation sites (N-methyl/N-ethyl adjacent to an activating group) is 1. The highest BCUT2D eigenvalue weighted by Crippen LogP contribution is 2.22. The van der Waals surface area contributed by atoms with Crippen LogP contribution in [0.5, 0.6) is 0 Å². The molecular weight excluding hydrogens is 426 g/mol. The second-order valence-corrected chi connectivity index (χ2v) is 9.81. The molecule has 0 saturated carbocycles. The molecule has 174 valence electrons. The number of nitrogens with zero attached hydrogens (tertiary/aromatic N) is 2. The van der Waals surface area contributed by atoms with Crippen molar-refractivity contribution in [3.8, 4) is 0 Å². The summed E-state index contributed by atoms with van der Waals surface area (Å²) in [5.41, 5.74) is 3.43. The third-order valence-electron chi connectivity index (χ3n) is 5.57. The van der Waals surface area contributed by atoms with Gasteiger partial charge in [-0.15, -0.1) is 0 Å². The summed E-state index contributed by atoms with van der Waals surface area (Å²) in [7, 11) is -2.19. The molecular formula is C24H33N3O4S. The van der Waals surface area contributed by atoms with Gasteiger partial charge in [-0.3, -0.25) is 13.9 Å². The molecule has 0 aromatic heterocycles. The Bertz CT molecular complexity index is 1040. The summed E-state index contributed by atoms with van der Waals surface area (Å²) < 4.78 is 26.2. The van der Waals surface area contributed by atoms with E-state index in [-0.39, 0.29) is 12.5 Å². The summed E-state index contributed by atoms with van der Waals surface area (Å²) >= 11 is 0. The maximum absolute atomic E-state index is 13.4. The van der Waals surface area contributed by atoms with Crippen molar-refractivity contribution in [1.29, 1.82) is 0 Å². The highest BCUT2D eigenvalue weighted by atomic mass is 32.2. The van der Waals surface area contributed by atoms with Crippen molar-refractivity contribution in [3.63, 3.8) is 0 Å². The van der Waals surface area contributed by atoms with Gasteiger partial charge >= 0.3 is 0 Å². The van der Waals surface area contributed by atoms with E-state index in [0.717, 1.165) is 27.3 Å². The lowest BCUT2D eigenvalue weighted by molar-refractivity contribution is -0.139. The van der Waals surface area contributed by atoms with Crippen molar-refractivity contribution in [2.75, 3.05) is 30.7 Å². The average Bonchev–Trinajstić information content (AvgIpc) is 2.76. The van der Waals surface area contributed by atoms with E-state index in [2.05, 4.69) is 5.32 Å². The van der Waals surface area contributed by atoms with Crippen LogP contribution in [0.2, 0.25) is 0 Å². The summed E-state index contributed by atoms with van der Waals surface area (Å²) in [6.07, 6.45) is 2.06. The Kier molecular flexibility index (Phi) is 8.83. The zero-order valence-electron chi connectivity index (χ0n) is 19.5. The molecule has 0 aliphatic rings. The molecule has 0 aliphatic heterocycles. The summed E-state index contributed by atoms with van der Waals surface area (Å²) in [6.45, 7) is 5.60. The van der Waals surface area contributed by atoms with Gasteiger partial charge < -0.3 is 10.2 Å². The number of carbonyl (C=O) groups is 2. The molecule has 0 spiro atoms. The lowest BCUT2D eigenvalue weighted by Gasteiger charge is -2.32. The normalized spacial score (nSPS) is 12.2. The fourth-order valence-corrected chi connectivity index (χ4v) is 4.40. The number of rotatable bonds is 10. The van der Waals surface area contributed by atoms with Crippen LogP contribution in [0.25, 0.3) is 0 Å². The Hall–Kier alpha value is -2.87. The first-order chi connectivity index (χ1) is 15.1. The zero-order valence-corrected chi connectivity index (χ0v) is 20.3. The van der Waals surface area contributed by atoms with Crippen molar-refractivity contribution in [2.45, 2.75) is 39.7 Å². The molecule has 0 fully saturated rings. The van der Waals surface area contributed by atoms with Gasteiger partial charge in [-0.25, -0.2) is 8.42 Å². The van der Waals surface area contributed by atoms with Gasteiger partial charge in [-0.1, -0.05) is 43.3 Å². The zero-order chi connectivity index (χ0) is 23.9. The third kappa shape index (κ3) is 6.56. The minimum atomic E-state index is -3.72. The Morgan fingerprint density at radius 2 is 1.69 bits per heavy atom. The molecule has 0 unspecified atom stereocenters. The van der Waals surface area contributed by atoms with Crippen molar-refractivity contribution < 1.29 is 18.0 Å². The number of benzene rings is 2. The van der Waals surface area contributed by atoms with Crippen LogP contribution in [0.4, 0.5) is 5.69 Å². The van der Waals surface area contributed by atoms with Gasteiger partial charge in [0.25, 0.3) is 0 Å². The number of nitrogens with one attached hydrogen (secondary N) is 1. The van der Waals surface area contributed by atoms with Crippen LogP contribution in [0.1, 0.15) is 30.0 Å². The van der Waals surface area contributed by atoms with Crippen LogP contribution < -0.4 is 9.62 Å². The number of aryl methyl sites for hydroxylation is 2. The smallest absolute Gasteiger partial charge is 0.244 e. The van der Waals surface area contributed by atoms with E-state index in [9.17, 15) is 18.0 Å². The number of carbonyl (C=O) groups excluding carboxylic acids is 2. The monoisotopic (exact) mass is 459 g/mol. The second kappa shape index (κ2) is 11.1. The Labute approximate surface area is 191 Å². The predicted molar refractivity (Wildman–Crippen MR) is 128 cm³/mol. The molecule has 1 atom stereocenters. The molecule has 2 aromatic rings. The van der Waals surface area contributed by atoms with Crippen molar-refractivity contribution >= 4 is 27.5 Å². The minimum Gasteiger partial charge on any atom is -0.357 e. The lowest BCUT2D eigenvalue weighted by Crippen LogP contribution is -2.52. The van der Waals surface area contributed by atoms with Crippen molar-refractivity contribution in [2.24, 2.45) is 0 Å².